The van der Waals surface area contributed by atoms with Crippen molar-refractivity contribution in [1.29, 1.82) is 0 Å². The zero-order valence-electron chi connectivity index (χ0n) is 11.8. The summed E-state index contributed by atoms with van der Waals surface area (Å²) in [6.45, 7) is 2.40. The third-order valence-corrected chi connectivity index (χ3v) is 4.89. The molecular formula is C15H13BrN4OS. The molecule has 0 aliphatic carbocycles. The summed E-state index contributed by atoms with van der Waals surface area (Å²) in [6.07, 6.45) is 1.67. The van der Waals surface area contributed by atoms with Crippen molar-refractivity contribution in [2.75, 3.05) is 5.32 Å². The van der Waals surface area contributed by atoms with Crippen LogP contribution in [0.25, 0.3) is 0 Å². The highest BCUT2D eigenvalue weighted by Gasteiger charge is 2.14. The van der Waals surface area contributed by atoms with E-state index in [0.29, 0.717) is 17.2 Å². The number of carbonyl (C=O) groups excluding carboxylic acids is 1. The Bertz CT molecular complexity index is 811. The number of aromatic nitrogens is 3. The number of amides is 1. The second-order valence-electron chi connectivity index (χ2n) is 4.69. The van der Waals surface area contributed by atoms with Gasteiger partial charge in [-0.1, -0.05) is 34.1 Å². The van der Waals surface area contributed by atoms with Gasteiger partial charge < -0.3 is 5.32 Å². The van der Waals surface area contributed by atoms with Crippen LogP contribution < -0.4 is 5.32 Å². The molecule has 112 valence electrons. The minimum atomic E-state index is -0.158. The first kappa shape index (κ1) is 14.9. The molecule has 1 amide bonds. The number of anilines is 1. The first-order valence-electron chi connectivity index (χ1n) is 6.62. The van der Waals surface area contributed by atoms with Gasteiger partial charge in [-0.2, -0.15) is 5.10 Å². The molecular weight excluding hydrogens is 364 g/mol. The molecule has 0 saturated heterocycles. The van der Waals surface area contributed by atoms with E-state index in [0.717, 1.165) is 15.7 Å². The smallest absolute Gasteiger partial charge is 0.268 e. The molecule has 0 saturated carbocycles. The lowest BCUT2D eigenvalue weighted by molar-refractivity contribution is 0.102. The van der Waals surface area contributed by atoms with E-state index in [4.69, 9.17) is 0 Å². The SMILES string of the molecule is Cc1ncsc1C(=O)Nc1ccnn1Cc1ccccc1Br. The summed E-state index contributed by atoms with van der Waals surface area (Å²) in [5, 5.41) is 7.17. The summed E-state index contributed by atoms with van der Waals surface area (Å²) in [5.41, 5.74) is 3.50. The molecule has 5 nitrogen and oxygen atoms in total. The van der Waals surface area contributed by atoms with Crippen LogP contribution in [0.2, 0.25) is 0 Å². The summed E-state index contributed by atoms with van der Waals surface area (Å²) >= 11 is 4.85. The number of thiazole rings is 1. The van der Waals surface area contributed by atoms with Crippen molar-refractivity contribution >= 4 is 39.0 Å². The van der Waals surface area contributed by atoms with Gasteiger partial charge >= 0.3 is 0 Å². The number of rotatable bonds is 4. The maximum absolute atomic E-state index is 12.3. The molecule has 0 spiro atoms. The van der Waals surface area contributed by atoms with Gasteiger partial charge in [0.25, 0.3) is 5.91 Å². The van der Waals surface area contributed by atoms with E-state index in [2.05, 4.69) is 31.3 Å². The fourth-order valence-electron chi connectivity index (χ4n) is 2.05. The van der Waals surface area contributed by atoms with Crippen LogP contribution >= 0.6 is 27.3 Å². The molecule has 3 aromatic rings. The van der Waals surface area contributed by atoms with Crippen molar-refractivity contribution in [3.8, 4) is 0 Å². The van der Waals surface area contributed by atoms with Gasteiger partial charge in [0.05, 0.1) is 23.9 Å². The average Bonchev–Trinajstić information content (AvgIpc) is 3.11. The van der Waals surface area contributed by atoms with Gasteiger partial charge in [-0.3, -0.25) is 4.79 Å². The molecule has 1 aromatic carbocycles. The number of benzene rings is 1. The van der Waals surface area contributed by atoms with Crippen LogP contribution in [-0.4, -0.2) is 20.7 Å². The third-order valence-electron chi connectivity index (χ3n) is 3.19. The molecule has 3 rings (SSSR count). The summed E-state index contributed by atoms with van der Waals surface area (Å²) in [4.78, 5) is 17.0. The van der Waals surface area contributed by atoms with Crippen LogP contribution in [0.3, 0.4) is 0 Å². The maximum atomic E-state index is 12.3. The average molecular weight is 377 g/mol. The van der Waals surface area contributed by atoms with Crippen LogP contribution in [0, 0.1) is 6.92 Å². The molecule has 0 aliphatic heterocycles. The molecule has 22 heavy (non-hydrogen) atoms. The number of aryl methyl sites for hydroxylation is 1. The summed E-state index contributed by atoms with van der Waals surface area (Å²) < 4.78 is 2.77. The predicted molar refractivity (Wildman–Crippen MR) is 90.3 cm³/mol. The van der Waals surface area contributed by atoms with Gasteiger partial charge in [0.1, 0.15) is 10.7 Å². The number of nitrogens with zero attached hydrogens (tertiary/aromatic N) is 3. The zero-order chi connectivity index (χ0) is 15.5. The van der Waals surface area contributed by atoms with Gasteiger partial charge in [-0.15, -0.1) is 11.3 Å². The van der Waals surface area contributed by atoms with Crippen molar-refractivity contribution in [2.45, 2.75) is 13.5 Å². The van der Waals surface area contributed by atoms with Crippen molar-refractivity contribution in [3.05, 3.63) is 62.6 Å². The highest BCUT2D eigenvalue weighted by atomic mass is 79.9. The number of halogens is 1. The van der Waals surface area contributed by atoms with Crippen molar-refractivity contribution in [1.82, 2.24) is 14.8 Å². The zero-order valence-corrected chi connectivity index (χ0v) is 14.2. The van der Waals surface area contributed by atoms with Crippen molar-refractivity contribution in [3.63, 3.8) is 0 Å². The quantitative estimate of drug-likeness (QED) is 0.754. The molecule has 0 aliphatic rings. The van der Waals surface area contributed by atoms with E-state index in [1.807, 2.05) is 31.2 Å². The fraction of sp³-hybridized carbons (Fsp3) is 0.133. The summed E-state index contributed by atoms with van der Waals surface area (Å²) in [7, 11) is 0. The molecule has 0 radical (unpaired) electrons. The predicted octanol–water partition coefficient (Wildman–Crippen LogP) is 3.71. The normalized spacial score (nSPS) is 10.6. The van der Waals surface area contributed by atoms with Gasteiger partial charge in [-0.25, -0.2) is 9.67 Å². The van der Waals surface area contributed by atoms with E-state index in [-0.39, 0.29) is 5.91 Å². The topological polar surface area (TPSA) is 59.8 Å². The van der Waals surface area contributed by atoms with Gasteiger partial charge in [0.15, 0.2) is 0 Å². The van der Waals surface area contributed by atoms with Crippen LogP contribution in [0.5, 0.6) is 0 Å². The monoisotopic (exact) mass is 376 g/mol. The second kappa shape index (κ2) is 6.41. The first-order chi connectivity index (χ1) is 10.6. The van der Waals surface area contributed by atoms with Gasteiger partial charge in [-0.05, 0) is 18.6 Å². The lowest BCUT2D eigenvalue weighted by atomic mass is 10.2. The third kappa shape index (κ3) is 3.10. The lowest BCUT2D eigenvalue weighted by Crippen LogP contribution is -2.16. The highest BCUT2D eigenvalue weighted by Crippen LogP contribution is 2.20. The summed E-state index contributed by atoms with van der Waals surface area (Å²) in [6, 6.07) is 9.72. The molecule has 0 atom stereocenters. The Hall–Kier alpha value is -1.99. The standard InChI is InChI=1S/C15H13BrN4OS/c1-10-14(22-9-17-10)15(21)19-13-6-7-18-20(13)8-11-4-2-3-5-12(11)16/h2-7,9H,8H2,1H3,(H,19,21). The van der Waals surface area contributed by atoms with E-state index in [1.165, 1.54) is 11.3 Å². The molecule has 0 unspecified atom stereocenters. The highest BCUT2D eigenvalue weighted by molar-refractivity contribution is 9.10. The minimum absolute atomic E-state index is 0.158. The van der Waals surface area contributed by atoms with Crippen molar-refractivity contribution < 1.29 is 4.79 Å². The molecule has 2 heterocycles. The van der Waals surface area contributed by atoms with E-state index in [9.17, 15) is 4.79 Å². The number of nitrogens with one attached hydrogen (secondary N) is 1. The fourth-order valence-corrected chi connectivity index (χ4v) is 3.15. The van der Waals surface area contributed by atoms with Gasteiger partial charge in [0, 0.05) is 10.5 Å². The summed E-state index contributed by atoms with van der Waals surface area (Å²) in [5.74, 6) is 0.502. The van der Waals surface area contributed by atoms with Crippen LogP contribution in [0.15, 0.2) is 46.5 Å². The molecule has 7 heteroatoms. The Morgan fingerprint density at radius 2 is 2.18 bits per heavy atom. The first-order valence-corrected chi connectivity index (χ1v) is 8.29. The van der Waals surface area contributed by atoms with Crippen LogP contribution in [0.4, 0.5) is 5.82 Å². The van der Waals surface area contributed by atoms with E-state index >= 15 is 0 Å². The Morgan fingerprint density at radius 1 is 1.36 bits per heavy atom. The molecule has 1 N–H and O–H groups in total. The Morgan fingerprint density at radius 3 is 2.91 bits per heavy atom. The van der Waals surface area contributed by atoms with Crippen LogP contribution in [-0.2, 0) is 6.54 Å². The molecule has 0 bridgehead atoms. The van der Waals surface area contributed by atoms with Gasteiger partial charge in [0.2, 0.25) is 0 Å². The number of hydrogen-bond acceptors (Lipinski definition) is 4. The molecule has 0 fully saturated rings. The largest absolute Gasteiger partial charge is 0.306 e. The second-order valence-corrected chi connectivity index (χ2v) is 6.40. The van der Waals surface area contributed by atoms with Crippen LogP contribution in [0.1, 0.15) is 20.9 Å². The lowest BCUT2D eigenvalue weighted by Gasteiger charge is -2.10. The minimum Gasteiger partial charge on any atom is -0.306 e. The number of hydrogen-bond donors (Lipinski definition) is 1. The number of carbonyl (C=O) groups is 1. The van der Waals surface area contributed by atoms with Crippen molar-refractivity contribution in [2.24, 2.45) is 0 Å². The van der Waals surface area contributed by atoms with E-state index < -0.39 is 0 Å². The maximum Gasteiger partial charge on any atom is 0.268 e. The Labute approximate surface area is 140 Å². The molecule has 2 aromatic heterocycles. The Kier molecular flexibility index (Phi) is 4.35. The Balaban J connectivity index is 1.80. The van der Waals surface area contributed by atoms with E-state index in [1.54, 1.807) is 22.5 Å².